The molecule has 102 valence electrons. The van der Waals surface area contributed by atoms with Gasteiger partial charge in [-0.2, -0.15) is 8.42 Å². The minimum atomic E-state index is -4.60. The summed E-state index contributed by atoms with van der Waals surface area (Å²) in [5.41, 5.74) is 6.20. The first-order valence-corrected chi connectivity index (χ1v) is 7.32. The lowest BCUT2D eigenvalue weighted by atomic mass is 10.0. The fraction of sp³-hybridized carbons (Fsp3) is 0.0909. The molecule has 1 aliphatic rings. The molecule has 0 saturated heterocycles. The summed E-state index contributed by atoms with van der Waals surface area (Å²) in [7, 11) is -4.60. The maximum atomic E-state index is 11.5. The van der Waals surface area contributed by atoms with E-state index < -0.39 is 20.1 Å². The Morgan fingerprint density at radius 1 is 1.32 bits per heavy atom. The van der Waals surface area contributed by atoms with E-state index in [0.29, 0.717) is 10.6 Å². The zero-order valence-electron chi connectivity index (χ0n) is 9.47. The fourth-order valence-corrected chi connectivity index (χ4v) is 3.39. The Kier molecular flexibility index (Phi) is 3.63. The average Bonchev–Trinajstić information content (AvgIpc) is 2.26. The van der Waals surface area contributed by atoms with Crippen LogP contribution in [0, 0.1) is 0 Å². The van der Waals surface area contributed by atoms with Crippen molar-refractivity contribution < 1.29 is 13.0 Å². The summed E-state index contributed by atoms with van der Waals surface area (Å²) in [6.45, 7) is 0. The third-order valence-corrected chi connectivity index (χ3v) is 4.34. The zero-order valence-corrected chi connectivity index (χ0v) is 11.8. The molecule has 1 atom stereocenters. The Hall–Kier alpha value is -1.05. The molecule has 19 heavy (non-hydrogen) atoms. The molecule has 0 aromatic heterocycles. The summed E-state index contributed by atoms with van der Waals surface area (Å²) in [5.74, 6) is 0. The van der Waals surface area contributed by atoms with Crippen LogP contribution in [-0.4, -0.2) is 18.1 Å². The van der Waals surface area contributed by atoms with Crippen molar-refractivity contribution in [3.8, 4) is 0 Å². The molecule has 0 fully saturated rings. The highest BCUT2D eigenvalue weighted by atomic mass is 35.5. The van der Waals surface area contributed by atoms with Crippen molar-refractivity contribution in [2.75, 3.05) is 0 Å². The van der Waals surface area contributed by atoms with Gasteiger partial charge in [0.15, 0.2) is 0 Å². The van der Waals surface area contributed by atoms with E-state index in [4.69, 9.17) is 28.9 Å². The molecule has 0 saturated carbocycles. The molecule has 1 aromatic carbocycles. The first-order valence-electron chi connectivity index (χ1n) is 5.12. The minimum absolute atomic E-state index is 0.143. The Morgan fingerprint density at radius 2 is 1.95 bits per heavy atom. The van der Waals surface area contributed by atoms with E-state index in [1.807, 2.05) is 0 Å². The van der Waals surface area contributed by atoms with E-state index in [9.17, 15) is 13.0 Å². The van der Waals surface area contributed by atoms with E-state index in [1.165, 1.54) is 12.3 Å². The van der Waals surface area contributed by atoms with Crippen molar-refractivity contribution in [2.45, 2.75) is 5.12 Å². The summed E-state index contributed by atoms with van der Waals surface area (Å²) < 4.78 is 32.4. The average molecular weight is 321 g/mol. The molecular weight excluding hydrogens is 311 g/mol. The number of benzene rings is 1. The van der Waals surface area contributed by atoms with Crippen molar-refractivity contribution in [2.24, 2.45) is 5.73 Å². The SMILES string of the molecule is NC1(Cl)NC=CC(c2ccccc2Cl)=C1S(=O)(=O)O. The van der Waals surface area contributed by atoms with Gasteiger partial charge in [-0.1, -0.05) is 41.4 Å². The van der Waals surface area contributed by atoms with Crippen LogP contribution in [0.4, 0.5) is 0 Å². The van der Waals surface area contributed by atoms with Crippen molar-refractivity contribution >= 4 is 38.9 Å². The molecule has 5 nitrogen and oxygen atoms in total. The van der Waals surface area contributed by atoms with Gasteiger partial charge in [0.1, 0.15) is 4.91 Å². The molecular formula is C11H10Cl2N2O3S. The molecule has 4 N–H and O–H groups in total. The fourth-order valence-electron chi connectivity index (χ4n) is 1.80. The van der Waals surface area contributed by atoms with E-state index in [1.54, 1.807) is 24.3 Å². The normalized spacial score (nSPS) is 23.4. The standard InChI is InChI=1S/C11H10Cl2N2O3S/c12-9-4-2-1-3-7(9)8-5-6-15-11(13,14)10(8)19(16,17)18/h1-6,15H,14H2,(H,16,17,18). The Labute approximate surface area is 120 Å². The third-order valence-electron chi connectivity index (χ3n) is 2.54. The molecule has 2 rings (SSSR count). The number of hydrogen-bond donors (Lipinski definition) is 3. The largest absolute Gasteiger partial charge is 0.357 e. The Balaban J connectivity index is 2.80. The van der Waals surface area contributed by atoms with Crippen molar-refractivity contribution in [1.29, 1.82) is 0 Å². The van der Waals surface area contributed by atoms with E-state index in [-0.39, 0.29) is 5.57 Å². The van der Waals surface area contributed by atoms with Gasteiger partial charge in [0, 0.05) is 16.2 Å². The molecule has 1 heterocycles. The third kappa shape index (κ3) is 2.77. The van der Waals surface area contributed by atoms with Crippen LogP contribution in [0.3, 0.4) is 0 Å². The zero-order chi connectivity index (χ0) is 14.3. The van der Waals surface area contributed by atoms with E-state index in [2.05, 4.69) is 5.32 Å². The molecule has 1 aromatic rings. The van der Waals surface area contributed by atoms with Crippen molar-refractivity contribution in [3.05, 3.63) is 52.0 Å². The van der Waals surface area contributed by atoms with Crippen LogP contribution in [0.5, 0.6) is 0 Å². The molecule has 0 amide bonds. The van der Waals surface area contributed by atoms with E-state index >= 15 is 0 Å². The van der Waals surface area contributed by atoms with Gasteiger partial charge in [-0.05, 0) is 18.3 Å². The maximum absolute atomic E-state index is 11.5. The number of dihydropyridines is 1. The topological polar surface area (TPSA) is 92.4 Å². The highest BCUT2D eigenvalue weighted by Gasteiger charge is 2.39. The Bertz CT molecular complexity index is 681. The minimum Gasteiger partial charge on any atom is -0.357 e. The lowest BCUT2D eigenvalue weighted by molar-refractivity contribution is 0.480. The molecule has 1 unspecified atom stereocenters. The summed E-state index contributed by atoms with van der Waals surface area (Å²) in [6, 6.07) is 6.57. The number of hydrogen-bond acceptors (Lipinski definition) is 4. The molecule has 0 spiro atoms. The number of allylic oxidation sites excluding steroid dienone is 2. The van der Waals surface area contributed by atoms with Gasteiger partial charge in [-0.3, -0.25) is 10.3 Å². The molecule has 0 radical (unpaired) electrons. The van der Waals surface area contributed by atoms with Crippen LogP contribution in [-0.2, 0) is 10.1 Å². The predicted molar refractivity (Wildman–Crippen MR) is 75.0 cm³/mol. The predicted octanol–water partition coefficient (Wildman–Crippen LogP) is 1.91. The van der Waals surface area contributed by atoms with Crippen LogP contribution in [0.1, 0.15) is 5.56 Å². The Morgan fingerprint density at radius 3 is 2.53 bits per heavy atom. The van der Waals surface area contributed by atoms with Gasteiger partial charge in [0.2, 0.25) is 5.12 Å². The van der Waals surface area contributed by atoms with Crippen LogP contribution >= 0.6 is 23.2 Å². The van der Waals surface area contributed by atoms with Crippen LogP contribution in [0.25, 0.3) is 5.57 Å². The number of alkyl halides is 1. The number of halogens is 2. The van der Waals surface area contributed by atoms with Gasteiger partial charge in [0.25, 0.3) is 10.1 Å². The summed E-state index contributed by atoms with van der Waals surface area (Å²) >= 11 is 11.9. The monoisotopic (exact) mass is 320 g/mol. The second kappa shape index (κ2) is 4.81. The maximum Gasteiger partial charge on any atom is 0.296 e. The van der Waals surface area contributed by atoms with Crippen LogP contribution < -0.4 is 11.1 Å². The second-order valence-corrected chi connectivity index (χ2v) is 6.25. The molecule has 8 heteroatoms. The molecule has 0 bridgehead atoms. The first kappa shape index (κ1) is 14.4. The van der Waals surface area contributed by atoms with Gasteiger partial charge in [-0.25, -0.2) is 0 Å². The van der Waals surface area contributed by atoms with Gasteiger partial charge >= 0.3 is 0 Å². The lowest BCUT2D eigenvalue weighted by Gasteiger charge is -2.29. The number of nitrogens with one attached hydrogen (secondary N) is 1. The van der Waals surface area contributed by atoms with Crippen molar-refractivity contribution in [1.82, 2.24) is 5.32 Å². The van der Waals surface area contributed by atoms with Gasteiger partial charge in [-0.15, -0.1) is 0 Å². The quantitative estimate of drug-likeness (QED) is 0.440. The van der Waals surface area contributed by atoms with Crippen molar-refractivity contribution in [3.63, 3.8) is 0 Å². The van der Waals surface area contributed by atoms with Crippen LogP contribution in [0.2, 0.25) is 5.02 Å². The first-order chi connectivity index (χ1) is 8.73. The highest BCUT2D eigenvalue weighted by molar-refractivity contribution is 7.90. The smallest absolute Gasteiger partial charge is 0.296 e. The van der Waals surface area contributed by atoms with Gasteiger partial charge < -0.3 is 5.32 Å². The van der Waals surface area contributed by atoms with Crippen LogP contribution in [0.15, 0.2) is 41.4 Å². The van der Waals surface area contributed by atoms with E-state index in [0.717, 1.165) is 0 Å². The summed E-state index contributed by atoms with van der Waals surface area (Å²) in [6.07, 6.45) is 2.82. The molecule has 1 aliphatic heterocycles. The number of rotatable bonds is 2. The number of nitrogens with two attached hydrogens (primary N) is 1. The second-order valence-electron chi connectivity index (χ2n) is 3.89. The highest BCUT2D eigenvalue weighted by Crippen LogP contribution is 2.36. The lowest BCUT2D eigenvalue weighted by Crippen LogP contribution is -2.51. The summed E-state index contributed by atoms with van der Waals surface area (Å²) in [5, 5.41) is 0.840. The summed E-state index contributed by atoms with van der Waals surface area (Å²) in [4.78, 5) is -0.544. The molecule has 0 aliphatic carbocycles. The van der Waals surface area contributed by atoms with Gasteiger partial charge in [0.05, 0.1) is 0 Å².